The van der Waals surface area contributed by atoms with Crippen LogP contribution < -0.4 is 5.56 Å². The number of aryl methyl sites for hydroxylation is 1. The number of piperazine rings is 1. The van der Waals surface area contributed by atoms with Gasteiger partial charge in [0.2, 0.25) is 5.78 Å². The Morgan fingerprint density at radius 3 is 2.38 bits per heavy atom. The number of hydrogen-bond acceptors (Lipinski definition) is 6. The molecule has 8 heteroatoms. The van der Waals surface area contributed by atoms with Gasteiger partial charge in [-0.3, -0.25) is 28.5 Å². The average molecular weight is 389 g/mol. The Labute approximate surface area is 168 Å². The second-order valence-corrected chi connectivity index (χ2v) is 7.51. The molecule has 5 rings (SSSR count). The van der Waals surface area contributed by atoms with Gasteiger partial charge in [0.15, 0.2) is 5.82 Å². The molecule has 0 saturated carbocycles. The van der Waals surface area contributed by atoms with Crippen molar-refractivity contribution < 1.29 is 0 Å². The Balaban J connectivity index is 1.36. The van der Waals surface area contributed by atoms with E-state index in [9.17, 15) is 4.79 Å². The summed E-state index contributed by atoms with van der Waals surface area (Å²) in [6, 6.07) is 13.7. The first-order chi connectivity index (χ1) is 14.2. The summed E-state index contributed by atoms with van der Waals surface area (Å²) in [5, 5.41) is 9.40. The molecule has 8 nitrogen and oxygen atoms in total. The normalized spacial score (nSPS) is 16.0. The molecule has 1 saturated heterocycles. The number of rotatable bonds is 4. The first-order valence-electron chi connectivity index (χ1n) is 9.87. The fourth-order valence-corrected chi connectivity index (χ4v) is 4.02. The van der Waals surface area contributed by atoms with Gasteiger partial charge in [0.25, 0.3) is 5.56 Å². The lowest BCUT2D eigenvalue weighted by Crippen LogP contribution is -2.45. The van der Waals surface area contributed by atoms with Crippen molar-refractivity contribution >= 4 is 16.7 Å². The number of nitrogens with zero attached hydrogens (tertiary/aromatic N) is 7. The van der Waals surface area contributed by atoms with E-state index >= 15 is 0 Å². The Hall–Kier alpha value is -3.10. The van der Waals surface area contributed by atoms with Crippen LogP contribution in [-0.4, -0.2) is 60.1 Å². The maximum atomic E-state index is 12.6. The summed E-state index contributed by atoms with van der Waals surface area (Å²) in [7, 11) is 1.75. The summed E-state index contributed by atoms with van der Waals surface area (Å²) in [4.78, 5) is 21.8. The zero-order chi connectivity index (χ0) is 19.8. The lowest BCUT2D eigenvalue weighted by molar-refractivity contribution is 0.118. The van der Waals surface area contributed by atoms with E-state index in [1.807, 2.05) is 47.0 Å². The SMILES string of the molecule is Cn1c(=O)c2ccccc2n2c(CN3CCN(Cc4ccccn4)CC3)nnc12. The summed E-state index contributed by atoms with van der Waals surface area (Å²) in [6.07, 6.45) is 1.85. The van der Waals surface area contributed by atoms with E-state index in [4.69, 9.17) is 0 Å². The van der Waals surface area contributed by atoms with Crippen LogP contribution in [0.25, 0.3) is 16.7 Å². The molecule has 0 amide bonds. The maximum absolute atomic E-state index is 12.6. The molecular formula is C21H23N7O. The van der Waals surface area contributed by atoms with E-state index in [1.165, 1.54) is 0 Å². The van der Waals surface area contributed by atoms with Crippen LogP contribution in [0.2, 0.25) is 0 Å². The standard InChI is InChI=1S/C21H23N7O/c1-25-20(29)17-7-2-3-8-18(17)28-19(23-24-21(25)28)15-27-12-10-26(11-13-27)14-16-6-4-5-9-22-16/h2-9H,10-15H2,1H3. The highest BCUT2D eigenvalue weighted by molar-refractivity contribution is 5.80. The van der Waals surface area contributed by atoms with Crippen LogP contribution in [0.1, 0.15) is 11.5 Å². The van der Waals surface area contributed by atoms with Crippen LogP contribution in [0.4, 0.5) is 0 Å². The summed E-state index contributed by atoms with van der Waals surface area (Å²) in [5.41, 5.74) is 1.92. The Kier molecular flexibility index (Phi) is 4.57. The first-order valence-corrected chi connectivity index (χ1v) is 9.87. The summed E-state index contributed by atoms with van der Waals surface area (Å²) in [6.45, 7) is 5.51. The van der Waals surface area contributed by atoms with Crippen molar-refractivity contribution in [3.8, 4) is 0 Å². The largest absolute Gasteiger partial charge is 0.295 e. The Morgan fingerprint density at radius 1 is 0.897 bits per heavy atom. The molecule has 3 aromatic heterocycles. The van der Waals surface area contributed by atoms with Crippen LogP contribution >= 0.6 is 0 Å². The van der Waals surface area contributed by atoms with E-state index in [0.29, 0.717) is 17.7 Å². The van der Waals surface area contributed by atoms with Crippen LogP contribution in [0.5, 0.6) is 0 Å². The van der Waals surface area contributed by atoms with Gasteiger partial charge >= 0.3 is 0 Å². The van der Waals surface area contributed by atoms with E-state index in [1.54, 1.807) is 11.6 Å². The van der Waals surface area contributed by atoms with E-state index in [0.717, 1.165) is 49.8 Å². The lowest BCUT2D eigenvalue weighted by Gasteiger charge is -2.34. The Bertz CT molecular complexity index is 1210. The third-order valence-corrected chi connectivity index (χ3v) is 5.63. The maximum Gasteiger partial charge on any atom is 0.262 e. The molecule has 0 unspecified atom stereocenters. The molecule has 1 aromatic carbocycles. The van der Waals surface area contributed by atoms with Gasteiger partial charge in [-0.15, -0.1) is 10.2 Å². The van der Waals surface area contributed by atoms with Gasteiger partial charge in [-0.05, 0) is 24.3 Å². The minimum atomic E-state index is -0.0461. The third kappa shape index (κ3) is 3.30. The lowest BCUT2D eigenvalue weighted by atomic mass is 10.2. The van der Waals surface area contributed by atoms with Crippen molar-refractivity contribution in [2.75, 3.05) is 26.2 Å². The van der Waals surface area contributed by atoms with Crippen LogP contribution in [0, 0.1) is 0 Å². The molecule has 4 heterocycles. The van der Waals surface area contributed by atoms with Crippen molar-refractivity contribution in [2.24, 2.45) is 7.05 Å². The van der Waals surface area contributed by atoms with Crippen molar-refractivity contribution in [2.45, 2.75) is 13.1 Å². The minimum Gasteiger partial charge on any atom is -0.295 e. The second kappa shape index (κ2) is 7.38. The topological polar surface area (TPSA) is 71.6 Å². The predicted molar refractivity (Wildman–Crippen MR) is 111 cm³/mol. The second-order valence-electron chi connectivity index (χ2n) is 7.51. The molecular weight excluding hydrogens is 366 g/mol. The van der Waals surface area contributed by atoms with Crippen molar-refractivity contribution in [1.82, 2.24) is 33.9 Å². The van der Waals surface area contributed by atoms with Crippen LogP contribution in [0.3, 0.4) is 0 Å². The quantitative estimate of drug-likeness (QED) is 0.524. The number of fused-ring (bicyclic) bond motifs is 3. The smallest absolute Gasteiger partial charge is 0.262 e. The van der Waals surface area contributed by atoms with E-state index in [-0.39, 0.29) is 5.56 Å². The van der Waals surface area contributed by atoms with Gasteiger partial charge < -0.3 is 0 Å². The molecule has 0 atom stereocenters. The highest BCUT2D eigenvalue weighted by Crippen LogP contribution is 2.16. The van der Waals surface area contributed by atoms with Gasteiger partial charge in [0.1, 0.15) is 0 Å². The number of benzene rings is 1. The highest BCUT2D eigenvalue weighted by Gasteiger charge is 2.21. The molecule has 29 heavy (non-hydrogen) atoms. The fourth-order valence-electron chi connectivity index (χ4n) is 4.02. The fraction of sp³-hybridized carbons (Fsp3) is 0.333. The molecule has 0 aliphatic carbocycles. The number of aromatic nitrogens is 5. The zero-order valence-electron chi connectivity index (χ0n) is 16.4. The highest BCUT2D eigenvalue weighted by atomic mass is 16.1. The van der Waals surface area contributed by atoms with Crippen molar-refractivity contribution in [3.63, 3.8) is 0 Å². The van der Waals surface area contributed by atoms with Gasteiger partial charge in [0, 0.05) is 46.0 Å². The van der Waals surface area contributed by atoms with Gasteiger partial charge in [-0.1, -0.05) is 18.2 Å². The van der Waals surface area contributed by atoms with E-state index in [2.05, 4.69) is 31.0 Å². The molecule has 1 fully saturated rings. The number of pyridine rings is 1. The number of para-hydroxylation sites is 1. The Morgan fingerprint density at radius 2 is 1.62 bits per heavy atom. The molecule has 0 radical (unpaired) electrons. The average Bonchev–Trinajstić information content (AvgIpc) is 3.18. The predicted octanol–water partition coefficient (Wildman–Crippen LogP) is 1.29. The van der Waals surface area contributed by atoms with Crippen LogP contribution in [0.15, 0.2) is 53.5 Å². The van der Waals surface area contributed by atoms with E-state index < -0.39 is 0 Å². The van der Waals surface area contributed by atoms with Crippen molar-refractivity contribution in [3.05, 3.63) is 70.5 Å². The molecule has 148 valence electrons. The zero-order valence-corrected chi connectivity index (χ0v) is 16.4. The number of hydrogen-bond donors (Lipinski definition) is 0. The molecule has 0 spiro atoms. The van der Waals surface area contributed by atoms with Gasteiger partial charge in [0.05, 0.1) is 23.1 Å². The monoisotopic (exact) mass is 389 g/mol. The van der Waals surface area contributed by atoms with Gasteiger partial charge in [-0.2, -0.15) is 0 Å². The molecule has 0 bridgehead atoms. The van der Waals surface area contributed by atoms with Crippen LogP contribution in [-0.2, 0) is 20.1 Å². The molecule has 1 aliphatic rings. The molecule has 1 aliphatic heterocycles. The van der Waals surface area contributed by atoms with Gasteiger partial charge in [-0.25, -0.2) is 0 Å². The summed E-state index contributed by atoms with van der Waals surface area (Å²) < 4.78 is 3.58. The first kappa shape index (κ1) is 18.0. The minimum absolute atomic E-state index is 0.0461. The molecule has 0 N–H and O–H groups in total. The summed E-state index contributed by atoms with van der Waals surface area (Å²) in [5.74, 6) is 1.45. The summed E-state index contributed by atoms with van der Waals surface area (Å²) >= 11 is 0. The molecule has 4 aromatic rings. The third-order valence-electron chi connectivity index (χ3n) is 5.63. The van der Waals surface area contributed by atoms with Crippen molar-refractivity contribution in [1.29, 1.82) is 0 Å².